The standard InChI is InChI=1S/C10H20N4O2/c1-6-4-13-8(5-12-6)10(16)14-7(2)9(15)11-3/h6-8,12-13H,4-5H2,1-3H3,(H,11,15)(H,14,16). The molecule has 6 nitrogen and oxygen atoms in total. The molecule has 1 fully saturated rings. The van der Waals surface area contributed by atoms with Crippen LogP contribution in [0.2, 0.25) is 0 Å². The van der Waals surface area contributed by atoms with Crippen LogP contribution in [-0.4, -0.2) is 50.1 Å². The Bertz CT molecular complexity index is 262. The zero-order valence-electron chi connectivity index (χ0n) is 9.96. The molecule has 0 saturated carbocycles. The van der Waals surface area contributed by atoms with E-state index in [-0.39, 0.29) is 17.9 Å². The summed E-state index contributed by atoms with van der Waals surface area (Å²) in [5.41, 5.74) is 0. The van der Waals surface area contributed by atoms with Crippen molar-refractivity contribution in [3.8, 4) is 0 Å². The molecule has 6 heteroatoms. The highest BCUT2D eigenvalue weighted by Crippen LogP contribution is 1.94. The largest absolute Gasteiger partial charge is 0.357 e. The monoisotopic (exact) mass is 228 g/mol. The summed E-state index contributed by atoms with van der Waals surface area (Å²) >= 11 is 0. The van der Waals surface area contributed by atoms with Crippen molar-refractivity contribution in [2.45, 2.75) is 32.0 Å². The highest BCUT2D eigenvalue weighted by Gasteiger charge is 2.25. The first-order chi connectivity index (χ1) is 7.54. The minimum atomic E-state index is -0.501. The van der Waals surface area contributed by atoms with Crippen molar-refractivity contribution in [3.05, 3.63) is 0 Å². The lowest BCUT2D eigenvalue weighted by molar-refractivity contribution is -0.129. The van der Waals surface area contributed by atoms with Crippen LogP contribution in [0.4, 0.5) is 0 Å². The minimum absolute atomic E-state index is 0.143. The zero-order valence-corrected chi connectivity index (χ0v) is 9.96. The molecule has 92 valence electrons. The van der Waals surface area contributed by atoms with Crippen molar-refractivity contribution < 1.29 is 9.59 Å². The molecule has 1 aliphatic rings. The fraction of sp³-hybridized carbons (Fsp3) is 0.800. The van der Waals surface area contributed by atoms with Gasteiger partial charge in [-0.15, -0.1) is 0 Å². The van der Waals surface area contributed by atoms with Crippen LogP contribution in [0, 0.1) is 0 Å². The Balaban J connectivity index is 2.37. The first kappa shape index (κ1) is 12.9. The Morgan fingerprint density at radius 1 is 1.31 bits per heavy atom. The van der Waals surface area contributed by atoms with Gasteiger partial charge in [-0.05, 0) is 13.8 Å². The Labute approximate surface area is 95.5 Å². The molecule has 3 unspecified atom stereocenters. The van der Waals surface area contributed by atoms with Crippen molar-refractivity contribution in [3.63, 3.8) is 0 Å². The average molecular weight is 228 g/mol. The number of carbonyl (C=O) groups is 2. The van der Waals surface area contributed by atoms with Gasteiger partial charge in [-0.3, -0.25) is 9.59 Å². The van der Waals surface area contributed by atoms with Crippen LogP contribution in [0.5, 0.6) is 0 Å². The van der Waals surface area contributed by atoms with E-state index < -0.39 is 6.04 Å². The quantitative estimate of drug-likeness (QED) is 0.459. The van der Waals surface area contributed by atoms with Gasteiger partial charge in [-0.2, -0.15) is 0 Å². The summed E-state index contributed by atoms with van der Waals surface area (Å²) in [6, 6.07) is -0.387. The predicted molar refractivity (Wildman–Crippen MR) is 60.9 cm³/mol. The topological polar surface area (TPSA) is 82.3 Å². The molecule has 0 aromatic rings. The van der Waals surface area contributed by atoms with Gasteiger partial charge in [0.25, 0.3) is 0 Å². The lowest BCUT2D eigenvalue weighted by Gasteiger charge is -2.28. The molecule has 0 bridgehead atoms. The first-order valence-corrected chi connectivity index (χ1v) is 5.53. The number of hydrogen-bond acceptors (Lipinski definition) is 4. The molecule has 0 aromatic heterocycles. The molecular formula is C10H20N4O2. The first-order valence-electron chi connectivity index (χ1n) is 5.53. The molecule has 0 aliphatic carbocycles. The Morgan fingerprint density at radius 2 is 2.00 bits per heavy atom. The van der Waals surface area contributed by atoms with E-state index in [1.807, 2.05) is 6.92 Å². The van der Waals surface area contributed by atoms with E-state index in [4.69, 9.17) is 0 Å². The molecule has 0 spiro atoms. The summed E-state index contributed by atoms with van der Waals surface area (Å²) in [7, 11) is 1.55. The lowest BCUT2D eigenvalue weighted by Crippen LogP contribution is -2.60. The van der Waals surface area contributed by atoms with E-state index in [2.05, 4.69) is 21.3 Å². The summed E-state index contributed by atoms with van der Waals surface area (Å²) < 4.78 is 0. The van der Waals surface area contributed by atoms with Crippen LogP contribution in [0.1, 0.15) is 13.8 Å². The molecule has 1 aliphatic heterocycles. The van der Waals surface area contributed by atoms with Crippen LogP contribution < -0.4 is 21.3 Å². The van der Waals surface area contributed by atoms with Gasteiger partial charge in [0.2, 0.25) is 11.8 Å². The molecule has 2 amide bonds. The van der Waals surface area contributed by atoms with E-state index in [1.54, 1.807) is 14.0 Å². The Kier molecular flexibility index (Phi) is 4.70. The molecule has 1 saturated heterocycles. The third-order valence-corrected chi connectivity index (χ3v) is 2.66. The van der Waals surface area contributed by atoms with Gasteiger partial charge < -0.3 is 21.3 Å². The van der Waals surface area contributed by atoms with Crippen LogP contribution in [0.3, 0.4) is 0 Å². The van der Waals surface area contributed by atoms with Crippen molar-refractivity contribution in [1.29, 1.82) is 0 Å². The van der Waals surface area contributed by atoms with E-state index in [9.17, 15) is 9.59 Å². The molecule has 4 N–H and O–H groups in total. The number of piperazine rings is 1. The number of carbonyl (C=O) groups excluding carboxylic acids is 2. The molecule has 0 radical (unpaired) electrons. The number of rotatable bonds is 3. The summed E-state index contributed by atoms with van der Waals surface area (Å²) in [4.78, 5) is 23.0. The summed E-state index contributed by atoms with van der Waals surface area (Å²) in [5, 5.41) is 11.5. The summed E-state index contributed by atoms with van der Waals surface area (Å²) in [6.45, 7) is 5.06. The molecule has 1 rings (SSSR count). The second kappa shape index (κ2) is 5.81. The van der Waals surface area contributed by atoms with Gasteiger partial charge in [0.1, 0.15) is 6.04 Å². The van der Waals surface area contributed by atoms with Gasteiger partial charge in [0.15, 0.2) is 0 Å². The van der Waals surface area contributed by atoms with Crippen molar-refractivity contribution >= 4 is 11.8 Å². The maximum Gasteiger partial charge on any atom is 0.242 e. The normalized spacial score (nSPS) is 26.9. The van der Waals surface area contributed by atoms with Crippen molar-refractivity contribution in [1.82, 2.24) is 21.3 Å². The maximum atomic E-state index is 11.7. The fourth-order valence-corrected chi connectivity index (χ4v) is 1.56. The van der Waals surface area contributed by atoms with Gasteiger partial charge >= 0.3 is 0 Å². The smallest absolute Gasteiger partial charge is 0.242 e. The number of hydrogen-bond donors (Lipinski definition) is 4. The molecule has 1 heterocycles. The Hall–Kier alpha value is -1.14. The van der Waals surface area contributed by atoms with E-state index in [0.717, 1.165) is 6.54 Å². The third kappa shape index (κ3) is 3.46. The SMILES string of the molecule is CNC(=O)C(C)NC(=O)C1CNC(C)CN1. The van der Waals surface area contributed by atoms with Gasteiger partial charge in [-0.1, -0.05) is 0 Å². The second-order valence-electron chi connectivity index (χ2n) is 4.11. The predicted octanol–water partition coefficient (Wildman–Crippen LogP) is -1.81. The van der Waals surface area contributed by atoms with Crippen LogP contribution in [0.15, 0.2) is 0 Å². The summed E-state index contributed by atoms with van der Waals surface area (Å²) in [6.07, 6.45) is 0. The van der Waals surface area contributed by atoms with Gasteiger partial charge in [-0.25, -0.2) is 0 Å². The van der Waals surface area contributed by atoms with E-state index >= 15 is 0 Å². The van der Waals surface area contributed by atoms with Gasteiger partial charge in [0.05, 0.1) is 6.04 Å². The fourth-order valence-electron chi connectivity index (χ4n) is 1.56. The van der Waals surface area contributed by atoms with Crippen LogP contribution >= 0.6 is 0 Å². The van der Waals surface area contributed by atoms with Gasteiger partial charge in [0, 0.05) is 26.2 Å². The Morgan fingerprint density at radius 3 is 2.50 bits per heavy atom. The second-order valence-corrected chi connectivity index (χ2v) is 4.11. The van der Waals surface area contributed by atoms with E-state index in [0.29, 0.717) is 12.6 Å². The molecule has 0 aromatic carbocycles. The van der Waals surface area contributed by atoms with Crippen LogP contribution in [-0.2, 0) is 9.59 Å². The third-order valence-electron chi connectivity index (χ3n) is 2.66. The lowest BCUT2D eigenvalue weighted by atomic mass is 10.1. The van der Waals surface area contributed by atoms with E-state index in [1.165, 1.54) is 0 Å². The minimum Gasteiger partial charge on any atom is -0.357 e. The summed E-state index contributed by atoms with van der Waals surface area (Å²) in [5.74, 6) is -0.332. The zero-order chi connectivity index (χ0) is 12.1. The molecule has 16 heavy (non-hydrogen) atoms. The van der Waals surface area contributed by atoms with Crippen molar-refractivity contribution in [2.75, 3.05) is 20.1 Å². The molecular weight excluding hydrogens is 208 g/mol. The average Bonchev–Trinajstić information content (AvgIpc) is 2.28. The highest BCUT2D eigenvalue weighted by molar-refractivity contribution is 5.89. The number of amides is 2. The number of likely N-dealkylation sites (N-methyl/N-ethyl adjacent to an activating group) is 1. The van der Waals surface area contributed by atoms with Crippen LogP contribution in [0.25, 0.3) is 0 Å². The number of nitrogens with one attached hydrogen (secondary N) is 4. The maximum absolute atomic E-state index is 11.7. The van der Waals surface area contributed by atoms with Crippen molar-refractivity contribution in [2.24, 2.45) is 0 Å². The molecule has 3 atom stereocenters. The highest BCUT2D eigenvalue weighted by atomic mass is 16.2.